The van der Waals surface area contributed by atoms with Gasteiger partial charge in [-0.1, -0.05) is 32.9 Å². The number of carboxylic acid groups (broad SMARTS) is 1. The van der Waals surface area contributed by atoms with Crippen LogP contribution in [0.15, 0.2) is 29.2 Å². The van der Waals surface area contributed by atoms with E-state index in [1.807, 2.05) is 0 Å². The van der Waals surface area contributed by atoms with Crippen molar-refractivity contribution in [2.75, 3.05) is 5.75 Å². The monoisotopic (exact) mass is 280 g/mol. The molecule has 3 heteroatoms. The Hall–Kier alpha value is -0.960. The van der Waals surface area contributed by atoms with Crippen LogP contribution in [0.5, 0.6) is 0 Å². The van der Waals surface area contributed by atoms with Crippen LogP contribution < -0.4 is 0 Å². The van der Waals surface area contributed by atoms with Gasteiger partial charge in [-0.3, -0.25) is 4.79 Å². The Morgan fingerprint density at radius 2 is 1.63 bits per heavy atom. The van der Waals surface area contributed by atoms with Crippen molar-refractivity contribution in [2.24, 2.45) is 5.41 Å². The summed E-state index contributed by atoms with van der Waals surface area (Å²) in [5, 5.41) is 9.06. The molecule has 0 spiro atoms. The molecule has 1 rings (SSSR count). The van der Waals surface area contributed by atoms with Gasteiger partial charge in [0.25, 0.3) is 0 Å². The first kappa shape index (κ1) is 16.1. The molecule has 0 unspecified atom stereocenters. The molecule has 1 aromatic carbocycles. The van der Waals surface area contributed by atoms with Crippen molar-refractivity contribution in [2.45, 2.75) is 51.3 Å². The molecule has 0 aliphatic rings. The van der Waals surface area contributed by atoms with Crippen LogP contribution in [0.4, 0.5) is 0 Å². The van der Waals surface area contributed by atoms with Crippen LogP contribution in [0.25, 0.3) is 0 Å². The zero-order chi connectivity index (χ0) is 14.7. The molecule has 0 aliphatic carbocycles. The second-order valence-corrected chi connectivity index (χ2v) is 7.73. The number of carbonyl (C=O) groups is 1. The maximum atomic E-state index is 11.0. The third-order valence-electron chi connectivity index (χ3n) is 3.30. The molecule has 0 saturated heterocycles. The second kappa shape index (κ2) is 6.00. The Kier molecular flexibility index (Phi) is 5.08. The Morgan fingerprint density at radius 1 is 1.11 bits per heavy atom. The molecule has 0 heterocycles. The van der Waals surface area contributed by atoms with E-state index in [9.17, 15) is 4.79 Å². The zero-order valence-electron chi connectivity index (χ0n) is 12.5. The molecule has 0 radical (unpaired) electrons. The van der Waals surface area contributed by atoms with Gasteiger partial charge in [0, 0.05) is 4.90 Å². The third kappa shape index (κ3) is 4.90. The lowest BCUT2D eigenvalue weighted by Gasteiger charge is -2.20. The number of hydrogen-bond donors (Lipinski definition) is 1. The molecular formula is C16H24O2S. The topological polar surface area (TPSA) is 37.3 Å². The maximum absolute atomic E-state index is 11.0. The second-order valence-electron chi connectivity index (χ2n) is 6.56. The van der Waals surface area contributed by atoms with Crippen molar-refractivity contribution in [1.29, 1.82) is 0 Å². The Labute approximate surface area is 120 Å². The fourth-order valence-electron chi connectivity index (χ4n) is 1.58. The highest BCUT2D eigenvalue weighted by Crippen LogP contribution is 2.29. The molecule has 0 amide bonds. The van der Waals surface area contributed by atoms with E-state index in [1.54, 1.807) is 25.6 Å². The zero-order valence-corrected chi connectivity index (χ0v) is 13.3. The molecule has 0 saturated carbocycles. The first-order valence-electron chi connectivity index (χ1n) is 6.60. The highest BCUT2D eigenvalue weighted by atomic mass is 32.2. The van der Waals surface area contributed by atoms with E-state index >= 15 is 0 Å². The van der Waals surface area contributed by atoms with E-state index in [0.717, 1.165) is 5.75 Å². The van der Waals surface area contributed by atoms with Crippen LogP contribution in [0.1, 0.15) is 46.6 Å². The van der Waals surface area contributed by atoms with Crippen LogP contribution in [0, 0.1) is 5.41 Å². The molecule has 0 aromatic heterocycles. The van der Waals surface area contributed by atoms with Crippen LogP contribution >= 0.6 is 11.8 Å². The van der Waals surface area contributed by atoms with Gasteiger partial charge >= 0.3 is 5.97 Å². The average Bonchev–Trinajstić information content (AvgIpc) is 2.28. The van der Waals surface area contributed by atoms with E-state index < -0.39 is 11.4 Å². The summed E-state index contributed by atoms with van der Waals surface area (Å²) in [5.41, 5.74) is 0.857. The van der Waals surface area contributed by atoms with Gasteiger partial charge in [-0.25, -0.2) is 0 Å². The van der Waals surface area contributed by atoms with Crippen LogP contribution in [-0.4, -0.2) is 16.8 Å². The van der Waals surface area contributed by atoms with E-state index in [2.05, 4.69) is 45.0 Å². The minimum atomic E-state index is -0.726. The van der Waals surface area contributed by atoms with E-state index in [0.29, 0.717) is 6.42 Å². The van der Waals surface area contributed by atoms with Gasteiger partial charge in [-0.15, -0.1) is 11.8 Å². The fourth-order valence-corrected chi connectivity index (χ4v) is 2.76. The summed E-state index contributed by atoms with van der Waals surface area (Å²) in [6.07, 6.45) is 0.675. The first-order chi connectivity index (χ1) is 8.63. The lowest BCUT2D eigenvalue weighted by Crippen LogP contribution is -2.24. The van der Waals surface area contributed by atoms with Crippen molar-refractivity contribution in [3.8, 4) is 0 Å². The van der Waals surface area contributed by atoms with Crippen LogP contribution in [-0.2, 0) is 10.2 Å². The van der Waals surface area contributed by atoms with Crippen molar-refractivity contribution < 1.29 is 9.90 Å². The number of hydrogen-bond acceptors (Lipinski definition) is 2. The summed E-state index contributed by atoms with van der Waals surface area (Å²) in [7, 11) is 0. The van der Waals surface area contributed by atoms with Crippen molar-refractivity contribution in [3.63, 3.8) is 0 Å². The van der Waals surface area contributed by atoms with Gasteiger partial charge in [-0.05, 0) is 49.1 Å². The van der Waals surface area contributed by atoms with E-state index in [1.165, 1.54) is 10.5 Å². The van der Waals surface area contributed by atoms with Gasteiger partial charge in [0.15, 0.2) is 0 Å². The normalized spacial score (nSPS) is 12.5. The van der Waals surface area contributed by atoms with Crippen molar-refractivity contribution in [3.05, 3.63) is 29.8 Å². The number of rotatable bonds is 5. The van der Waals surface area contributed by atoms with Crippen LogP contribution in [0.3, 0.4) is 0 Å². The standard InChI is InChI=1S/C16H24O2S/c1-15(2,3)12-6-8-13(9-7-12)19-11-10-16(4,5)14(17)18/h6-9H,10-11H2,1-5H3,(H,17,18). The van der Waals surface area contributed by atoms with Crippen molar-refractivity contribution in [1.82, 2.24) is 0 Å². The minimum absolute atomic E-state index is 0.175. The summed E-state index contributed by atoms with van der Waals surface area (Å²) in [5.74, 6) is 0.102. The highest BCUT2D eigenvalue weighted by molar-refractivity contribution is 7.99. The van der Waals surface area contributed by atoms with E-state index in [4.69, 9.17) is 5.11 Å². The maximum Gasteiger partial charge on any atom is 0.309 e. The Balaban J connectivity index is 2.54. The number of thioether (sulfide) groups is 1. The average molecular weight is 280 g/mol. The lowest BCUT2D eigenvalue weighted by molar-refractivity contribution is -0.146. The Bertz CT molecular complexity index is 427. The highest BCUT2D eigenvalue weighted by Gasteiger charge is 2.26. The molecule has 19 heavy (non-hydrogen) atoms. The molecule has 2 nitrogen and oxygen atoms in total. The lowest BCUT2D eigenvalue weighted by atomic mass is 9.87. The molecule has 0 bridgehead atoms. The summed E-state index contributed by atoms with van der Waals surface area (Å²) in [6, 6.07) is 8.56. The SMILES string of the molecule is CC(C)(CCSc1ccc(C(C)(C)C)cc1)C(=O)O. The van der Waals surface area contributed by atoms with Gasteiger partial charge < -0.3 is 5.11 Å². The fraction of sp³-hybridized carbons (Fsp3) is 0.562. The largest absolute Gasteiger partial charge is 0.481 e. The predicted molar refractivity (Wildman–Crippen MR) is 81.9 cm³/mol. The van der Waals surface area contributed by atoms with Gasteiger partial charge in [0.2, 0.25) is 0 Å². The molecular weight excluding hydrogens is 256 g/mol. The first-order valence-corrected chi connectivity index (χ1v) is 7.58. The van der Waals surface area contributed by atoms with E-state index in [-0.39, 0.29) is 5.41 Å². The molecule has 1 N–H and O–H groups in total. The predicted octanol–water partition coefficient (Wildman–Crippen LogP) is 4.58. The smallest absolute Gasteiger partial charge is 0.309 e. The summed E-state index contributed by atoms with van der Waals surface area (Å²) >= 11 is 1.72. The summed E-state index contributed by atoms with van der Waals surface area (Å²) < 4.78 is 0. The minimum Gasteiger partial charge on any atom is -0.481 e. The van der Waals surface area contributed by atoms with Crippen molar-refractivity contribution >= 4 is 17.7 Å². The number of benzene rings is 1. The number of carboxylic acids is 1. The molecule has 106 valence electrons. The quantitative estimate of drug-likeness (QED) is 0.802. The number of aliphatic carboxylic acids is 1. The van der Waals surface area contributed by atoms with Gasteiger partial charge in [0.1, 0.15) is 0 Å². The third-order valence-corrected chi connectivity index (χ3v) is 4.31. The van der Waals surface area contributed by atoms with Gasteiger partial charge in [-0.2, -0.15) is 0 Å². The molecule has 0 aliphatic heterocycles. The van der Waals surface area contributed by atoms with Gasteiger partial charge in [0.05, 0.1) is 5.41 Å². The molecule has 1 aromatic rings. The summed E-state index contributed by atoms with van der Waals surface area (Å²) in [6.45, 7) is 10.1. The molecule has 0 atom stereocenters. The molecule has 0 fully saturated rings. The van der Waals surface area contributed by atoms with Crippen LogP contribution in [0.2, 0.25) is 0 Å². The Morgan fingerprint density at radius 3 is 2.05 bits per heavy atom. The summed E-state index contributed by atoms with van der Waals surface area (Å²) in [4.78, 5) is 12.2.